The summed E-state index contributed by atoms with van der Waals surface area (Å²) in [5.74, 6) is -2.45. The van der Waals surface area contributed by atoms with E-state index in [9.17, 15) is 24.0 Å². The normalized spacial score (nSPS) is 17.2. The number of nitrogen functional groups attached to an aromatic ring is 1. The van der Waals surface area contributed by atoms with Crippen molar-refractivity contribution < 1.29 is 38.2 Å². The molecule has 0 saturated carbocycles. The monoisotopic (exact) mass is 853 g/mol. The van der Waals surface area contributed by atoms with Gasteiger partial charge in [-0.15, -0.1) is 0 Å². The fraction of sp³-hybridized carbons (Fsp3) is 0.638. The number of anilines is 1. The molecule has 4 amide bonds. The van der Waals surface area contributed by atoms with Crippen molar-refractivity contribution in [2.75, 3.05) is 54.2 Å². The van der Waals surface area contributed by atoms with Crippen molar-refractivity contribution in [3.8, 4) is 0 Å². The molecule has 0 aromatic heterocycles. The standard InChI is InChI=1S/C44H68N6O8.C3H8/c1-11-29(4)40(49(7)38(52)26-46-43(54)39(28(2)3)48(6)27-32-19-15-20-33(45)23-32)36(56-8)25-37(51)50-22-16-21-35(50)41(57-9)30(5)42(53)47-34(44(55)58-10)24-31-17-13-12-14-18-31;1-3-2/h12-15,17-20,23,28-30,34-36,39-41H,11,16,21-22,24-27,45H2,1-10H3,(H,46,54)(H,47,53);3H2,1-2H3. The van der Waals surface area contributed by atoms with Gasteiger partial charge in [-0.2, -0.15) is 0 Å². The molecule has 2 aromatic rings. The van der Waals surface area contributed by atoms with Gasteiger partial charge in [-0.3, -0.25) is 24.1 Å². The molecule has 8 unspecified atom stereocenters. The van der Waals surface area contributed by atoms with E-state index >= 15 is 0 Å². The number of ether oxygens (including phenoxy) is 3. The number of hydrogen-bond donors (Lipinski definition) is 3. The van der Waals surface area contributed by atoms with Gasteiger partial charge in [0.1, 0.15) is 6.04 Å². The number of likely N-dealkylation sites (N-methyl/N-ethyl adjacent to an activating group) is 2. The second kappa shape index (κ2) is 26.7. The van der Waals surface area contributed by atoms with E-state index in [1.54, 1.807) is 23.8 Å². The van der Waals surface area contributed by atoms with Crippen molar-refractivity contribution in [1.82, 2.24) is 25.3 Å². The molecule has 0 radical (unpaired) electrons. The second-order valence-corrected chi connectivity index (χ2v) is 16.7. The van der Waals surface area contributed by atoms with E-state index in [2.05, 4.69) is 24.5 Å². The van der Waals surface area contributed by atoms with Gasteiger partial charge in [-0.05, 0) is 55.0 Å². The van der Waals surface area contributed by atoms with Gasteiger partial charge < -0.3 is 40.4 Å². The first-order chi connectivity index (χ1) is 29.0. The highest BCUT2D eigenvalue weighted by atomic mass is 16.5. The summed E-state index contributed by atoms with van der Waals surface area (Å²) in [6.07, 6.45) is 2.27. The molecule has 14 heteroatoms. The maximum Gasteiger partial charge on any atom is 0.328 e. The molecule has 1 saturated heterocycles. The van der Waals surface area contributed by atoms with Gasteiger partial charge in [0.05, 0.1) is 56.3 Å². The predicted octanol–water partition coefficient (Wildman–Crippen LogP) is 5.08. The number of carbonyl (C=O) groups is 5. The van der Waals surface area contributed by atoms with Gasteiger partial charge in [0, 0.05) is 46.5 Å². The van der Waals surface area contributed by atoms with E-state index < -0.39 is 48.3 Å². The Morgan fingerprint density at radius 3 is 2.08 bits per heavy atom. The summed E-state index contributed by atoms with van der Waals surface area (Å²) in [5.41, 5.74) is 8.47. The molecular weight excluding hydrogens is 777 g/mol. The smallest absolute Gasteiger partial charge is 0.328 e. The molecule has 0 aliphatic carbocycles. The lowest BCUT2D eigenvalue weighted by Crippen LogP contribution is -2.55. The molecule has 1 aliphatic heterocycles. The second-order valence-electron chi connectivity index (χ2n) is 16.7. The van der Waals surface area contributed by atoms with E-state index in [0.29, 0.717) is 31.6 Å². The summed E-state index contributed by atoms with van der Waals surface area (Å²) in [5, 5.41) is 5.72. The zero-order valence-electron chi connectivity index (χ0n) is 38.9. The Hall–Kier alpha value is -4.53. The maximum atomic E-state index is 14.2. The first kappa shape index (κ1) is 52.6. The molecule has 1 aliphatic rings. The number of nitrogens with one attached hydrogen (secondary N) is 2. The summed E-state index contributed by atoms with van der Waals surface area (Å²) >= 11 is 0. The largest absolute Gasteiger partial charge is 0.467 e. The van der Waals surface area contributed by atoms with E-state index in [0.717, 1.165) is 17.5 Å². The number of benzene rings is 2. The molecule has 342 valence electrons. The zero-order chi connectivity index (χ0) is 45.8. The van der Waals surface area contributed by atoms with Gasteiger partial charge in [0.15, 0.2) is 0 Å². The van der Waals surface area contributed by atoms with Crippen LogP contribution in [0.3, 0.4) is 0 Å². The molecule has 0 spiro atoms. The summed E-state index contributed by atoms with van der Waals surface area (Å²) < 4.78 is 16.9. The number of rotatable bonds is 22. The van der Waals surface area contributed by atoms with E-state index in [1.807, 2.05) is 94.2 Å². The van der Waals surface area contributed by atoms with Crippen LogP contribution >= 0.6 is 0 Å². The van der Waals surface area contributed by atoms with Crippen molar-refractivity contribution in [1.29, 1.82) is 0 Å². The van der Waals surface area contributed by atoms with Crippen LogP contribution in [-0.2, 0) is 51.1 Å². The van der Waals surface area contributed by atoms with Crippen molar-refractivity contribution >= 4 is 35.3 Å². The van der Waals surface area contributed by atoms with Gasteiger partial charge in [0.25, 0.3) is 0 Å². The van der Waals surface area contributed by atoms with Crippen LogP contribution in [0.15, 0.2) is 54.6 Å². The third kappa shape index (κ3) is 15.7. The molecule has 4 N–H and O–H groups in total. The lowest BCUT2D eigenvalue weighted by molar-refractivity contribution is -0.148. The highest BCUT2D eigenvalue weighted by Crippen LogP contribution is 2.29. The number of amides is 4. The van der Waals surface area contributed by atoms with Gasteiger partial charge >= 0.3 is 5.97 Å². The summed E-state index contributed by atoms with van der Waals surface area (Å²) in [6.45, 7) is 14.7. The number of carbonyl (C=O) groups excluding carboxylic acids is 5. The van der Waals surface area contributed by atoms with E-state index in [4.69, 9.17) is 19.9 Å². The van der Waals surface area contributed by atoms with Crippen LogP contribution in [0.1, 0.15) is 91.7 Å². The lowest BCUT2D eigenvalue weighted by atomic mass is 9.90. The highest BCUT2D eigenvalue weighted by Gasteiger charge is 2.42. The average Bonchev–Trinajstić information content (AvgIpc) is 3.72. The number of methoxy groups -OCH3 is 3. The fourth-order valence-electron chi connectivity index (χ4n) is 8.30. The summed E-state index contributed by atoms with van der Waals surface area (Å²) in [7, 11) is 7.91. The van der Waals surface area contributed by atoms with Crippen molar-refractivity contribution in [2.45, 2.75) is 130 Å². The number of esters is 1. The Morgan fingerprint density at radius 1 is 0.885 bits per heavy atom. The Morgan fingerprint density at radius 2 is 1.52 bits per heavy atom. The molecule has 3 rings (SSSR count). The maximum absolute atomic E-state index is 14.2. The Labute approximate surface area is 365 Å². The van der Waals surface area contributed by atoms with Crippen LogP contribution in [0.2, 0.25) is 0 Å². The predicted molar refractivity (Wildman–Crippen MR) is 240 cm³/mol. The van der Waals surface area contributed by atoms with Crippen LogP contribution in [0.4, 0.5) is 5.69 Å². The molecule has 2 aromatic carbocycles. The van der Waals surface area contributed by atoms with Crippen LogP contribution in [0.5, 0.6) is 0 Å². The molecule has 8 atom stereocenters. The van der Waals surface area contributed by atoms with Crippen molar-refractivity contribution in [3.05, 3.63) is 65.7 Å². The van der Waals surface area contributed by atoms with Gasteiger partial charge in [-0.25, -0.2) is 4.79 Å². The fourth-order valence-corrected chi connectivity index (χ4v) is 8.30. The minimum absolute atomic E-state index is 0.00525. The SMILES string of the molecule is CCC.CCC(C)C(C(CC(=O)N1CCCC1C(OC)C(C)C(=O)NC(Cc1ccccc1)C(=O)OC)OC)N(C)C(=O)CNC(=O)C(C(C)C)N(C)Cc1cccc(N)c1. The average molecular weight is 853 g/mol. The first-order valence-electron chi connectivity index (χ1n) is 21.8. The van der Waals surface area contributed by atoms with Crippen LogP contribution in [0, 0.1) is 17.8 Å². The third-order valence-corrected chi connectivity index (χ3v) is 11.6. The van der Waals surface area contributed by atoms with Crippen LogP contribution in [0.25, 0.3) is 0 Å². The lowest BCUT2D eigenvalue weighted by Gasteiger charge is -2.39. The molecule has 1 heterocycles. The Bertz CT molecular complexity index is 1660. The number of nitrogens with two attached hydrogens (primary N) is 1. The molecular formula is C47H76N6O8. The summed E-state index contributed by atoms with van der Waals surface area (Å²) in [4.78, 5) is 73.1. The Balaban J connectivity index is 0.00000414. The van der Waals surface area contributed by atoms with Crippen LogP contribution in [-0.4, -0.2) is 129 Å². The van der Waals surface area contributed by atoms with Crippen LogP contribution < -0.4 is 16.4 Å². The van der Waals surface area contributed by atoms with Crippen molar-refractivity contribution in [2.24, 2.45) is 17.8 Å². The quantitative estimate of drug-likeness (QED) is 0.107. The minimum atomic E-state index is -0.896. The first-order valence-corrected chi connectivity index (χ1v) is 21.8. The van der Waals surface area contributed by atoms with Gasteiger partial charge in [0.2, 0.25) is 23.6 Å². The zero-order valence-corrected chi connectivity index (χ0v) is 38.9. The summed E-state index contributed by atoms with van der Waals surface area (Å²) in [6, 6.07) is 14.6. The van der Waals surface area contributed by atoms with E-state index in [1.165, 1.54) is 27.8 Å². The molecule has 0 bridgehead atoms. The number of nitrogens with zero attached hydrogens (tertiary/aromatic N) is 3. The Kier molecular flexibility index (Phi) is 23.1. The topological polar surface area (TPSA) is 173 Å². The minimum Gasteiger partial charge on any atom is -0.467 e. The van der Waals surface area contributed by atoms with Gasteiger partial charge in [-0.1, -0.05) is 104 Å². The van der Waals surface area contributed by atoms with E-state index in [-0.39, 0.29) is 54.9 Å². The molecule has 61 heavy (non-hydrogen) atoms. The molecule has 1 fully saturated rings. The third-order valence-electron chi connectivity index (χ3n) is 11.6. The molecule has 14 nitrogen and oxygen atoms in total. The number of likely N-dealkylation sites (tertiary alicyclic amines) is 1. The van der Waals surface area contributed by atoms with Crippen molar-refractivity contribution in [3.63, 3.8) is 0 Å². The highest BCUT2D eigenvalue weighted by molar-refractivity contribution is 5.88. The number of hydrogen-bond acceptors (Lipinski definition) is 10.